The fourth-order valence-electron chi connectivity index (χ4n) is 0.952. The second kappa shape index (κ2) is 4.77. The monoisotopic (exact) mass is 306 g/mol. The molecule has 0 spiro atoms. The summed E-state index contributed by atoms with van der Waals surface area (Å²) >= 11 is 7.90. The smallest absolute Gasteiger partial charge is 0.167 e. The van der Waals surface area contributed by atoms with Crippen molar-refractivity contribution in [3.05, 3.63) is 45.0 Å². The number of carbonyl (C=O) groups excluding carboxylic acids is 1. The molecule has 0 saturated heterocycles. The van der Waals surface area contributed by atoms with Crippen LogP contribution >= 0.6 is 34.2 Å². The van der Waals surface area contributed by atoms with Crippen LogP contribution in [0.4, 0.5) is 0 Å². The van der Waals surface area contributed by atoms with Crippen LogP contribution in [0.25, 0.3) is 0 Å². The molecule has 0 heterocycles. The molecule has 0 unspecified atom stereocenters. The van der Waals surface area contributed by atoms with Crippen molar-refractivity contribution in [2.75, 3.05) is 0 Å². The first-order valence-corrected chi connectivity index (χ1v) is 5.20. The highest BCUT2D eigenvalue weighted by Crippen LogP contribution is 2.19. The van der Waals surface area contributed by atoms with E-state index in [0.717, 1.165) is 3.57 Å². The first-order valence-electron chi connectivity index (χ1n) is 3.74. The van der Waals surface area contributed by atoms with E-state index in [1.807, 2.05) is 6.07 Å². The first kappa shape index (κ1) is 10.7. The van der Waals surface area contributed by atoms with Gasteiger partial charge in [0, 0.05) is 20.6 Å². The molecule has 0 bridgehead atoms. The second-order valence-electron chi connectivity index (χ2n) is 2.54. The summed E-state index contributed by atoms with van der Waals surface area (Å²) < 4.78 is 0.925. The van der Waals surface area contributed by atoms with Gasteiger partial charge in [-0.05, 0) is 40.8 Å². The van der Waals surface area contributed by atoms with Gasteiger partial charge in [-0.25, -0.2) is 0 Å². The lowest BCUT2D eigenvalue weighted by atomic mass is 10.1. The predicted octanol–water partition coefficient (Wildman–Crippen LogP) is 3.70. The largest absolute Gasteiger partial charge is 0.294 e. The zero-order valence-electron chi connectivity index (χ0n) is 6.89. The minimum atomic E-state index is 0.0573. The summed E-state index contributed by atoms with van der Waals surface area (Å²) in [7, 11) is 0. The van der Waals surface area contributed by atoms with Gasteiger partial charge < -0.3 is 0 Å². The summed E-state index contributed by atoms with van der Waals surface area (Å²) in [5.74, 6) is 0.0573. The highest BCUT2D eigenvalue weighted by atomic mass is 127. The average Bonchev–Trinajstić information content (AvgIpc) is 2.09. The Bertz CT molecular complexity index is 347. The van der Waals surface area contributed by atoms with Gasteiger partial charge in [0.1, 0.15) is 0 Å². The van der Waals surface area contributed by atoms with Gasteiger partial charge in [0.05, 0.1) is 0 Å². The summed E-state index contributed by atoms with van der Waals surface area (Å²) in [5.41, 5.74) is 0.674. The van der Waals surface area contributed by atoms with Gasteiger partial charge in [-0.3, -0.25) is 4.79 Å². The number of hydrogen-bond acceptors (Lipinski definition) is 1. The third kappa shape index (κ3) is 2.81. The molecule has 1 rings (SSSR count). The van der Waals surface area contributed by atoms with E-state index in [9.17, 15) is 4.79 Å². The molecule has 0 fully saturated rings. The Morgan fingerprint density at radius 1 is 1.62 bits per heavy atom. The maximum absolute atomic E-state index is 11.5. The van der Waals surface area contributed by atoms with E-state index in [-0.39, 0.29) is 5.78 Å². The van der Waals surface area contributed by atoms with Gasteiger partial charge in [-0.15, -0.1) is 6.58 Å². The van der Waals surface area contributed by atoms with Crippen LogP contribution in [-0.2, 0) is 0 Å². The van der Waals surface area contributed by atoms with Crippen LogP contribution < -0.4 is 0 Å². The summed E-state index contributed by atoms with van der Waals surface area (Å²) in [6, 6.07) is 5.29. The Balaban J connectivity index is 3.05. The molecule has 0 aromatic heterocycles. The predicted molar refractivity (Wildman–Crippen MR) is 63.3 cm³/mol. The molecular weight excluding hydrogens is 298 g/mol. The van der Waals surface area contributed by atoms with Crippen LogP contribution in [0.1, 0.15) is 16.8 Å². The van der Waals surface area contributed by atoms with Crippen molar-refractivity contribution < 1.29 is 4.79 Å². The van der Waals surface area contributed by atoms with Crippen LogP contribution in [0.15, 0.2) is 30.9 Å². The lowest BCUT2D eigenvalue weighted by Crippen LogP contribution is -1.99. The van der Waals surface area contributed by atoms with Crippen molar-refractivity contribution in [2.24, 2.45) is 0 Å². The fourth-order valence-corrected chi connectivity index (χ4v) is 1.76. The number of ketones is 1. The van der Waals surface area contributed by atoms with Crippen LogP contribution in [0.3, 0.4) is 0 Å². The zero-order valence-corrected chi connectivity index (χ0v) is 9.80. The van der Waals surface area contributed by atoms with Crippen molar-refractivity contribution in [3.8, 4) is 0 Å². The Morgan fingerprint density at radius 2 is 2.31 bits per heavy atom. The van der Waals surface area contributed by atoms with Gasteiger partial charge in [0.15, 0.2) is 5.78 Å². The molecule has 1 nitrogen and oxygen atoms in total. The fraction of sp³-hybridized carbons (Fsp3) is 0.100. The molecule has 68 valence electrons. The quantitative estimate of drug-likeness (QED) is 0.473. The van der Waals surface area contributed by atoms with Crippen molar-refractivity contribution in [2.45, 2.75) is 6.42 Å². The van der Waals surface area contributed by atoms with E-state index in [2.05, 4.69) is 29.2 Å². The lowest BCUT2D eigenvalue weighted by molar-refractivity contribution is 0.0995. The van der Waals surface area contributed by atoms with Crippen LogP contribution in [0, 0.1) is 3.57 Å². The molecule has 3 heteroatoms. The SMILES string of the molecule is C=CCC(=O)c1cc(Cl)ccc1I. The van der Waals surface area contributed by atoms with E-state index in [1.54, 1.807) is 18.2 Å². The van der Waals surface area contributed by atoms with Gasteiger partial charge in [-0.2, -0.15) is 0 Å². The Hall–Kier alpha value is -0.350. The molecule has 13 heavy (non-hydrogen) atoms. The number of allylic oxidation sites excluding steroid dienone is 1. The summed E-state index contributed by atoms with van der Waals surface area (Å²) in [4.78, 5) is 11.5. The van der Waals surface area contributed by atoms with Crippen LogP contribution in [0.2, 0.25) is 5.02 Å². The Morgan fingerprint density at radius 3 is 2.92 bits per heavy atom. The van der Waals surface area contributed by atoms with Crippen LogP contribution in [0.5, 0.6) is 0 Å². The van der Waals surface area contributed by atoms with Crippen molar-refractivity contribution in [1.29, 1.82) is 0 Å². The molecule has 0 aliphatic heterocycles. The Labute approximate surface area is 95.9 Å². The summed E-state index contributed by atoms with van der Waals surface area (Å²) in [6.45, 7) is 3.52. The third-order valence-corrected chi connectivity index (χ3v) is 2.73. The van der Waals surface area contributed by atoms with Gasteiger partial charge in [0.2, 0.25) is 0 Å². The zero-order chi connectivity index (χ0) is 9.84. The maximum Gasteiger partial charge on any atom is 0.167 e. The number of rotatable bonds is 3. The number of carbonyl (C=O) groups is 1. The van der Waals surface area contributed by atoms with Crippen molar-refractivity contribution in [3.63, 3.8) is 0 Å². The van der Waals surface area contributed by atoms with Gasteiger partial charge in [-0.1, -0.05) is 17.7 Å². The molecular formula is C10H8ClIO. The number of halogens is 2. The molecule has 0 aliphatic carbocycles. The van der Waals surface area contributed by atoms with E-state index < -0.39 is 0 Å². The van der Waals surface area contributed by atoms with E-state index in [0.29, 0.717) is 17.0 Å². The van der Waals surface area contributed by atoms with E-state index >= 15 is 0 Å². The normalized spacial score (nSPS) is 9.69. The maximum atomic E-state index is 11.5. The standard InChI is InChI=1S/C10H8ClIO/c1-2-3-10(13)8-6-7(11)4-5-9(8)12/h2,4-6H,1,3H2. The van der Waals surface area contributed by atoms with E-state index in [4.69, 9.17) is 11.6 Å². The number of benzene rings is 1. The first-order chi connectivity index (χ1) is 6.15. The summed E-state index contributed by atoms with van der Waals surface area (Å²) in [5, 5.41) is 0.591. The minimum Gasteiger partial charge on any atom is -0.294 e. The van der Waals surface area contributed by atoms with Gasteiger partial charge >= 0.3 is 0 Å². The molecule has 0 N–H and O–H groups in total. The van der Waals surface area contributed by atoms with Crippen molar-refractivity contribution >= 4 is 40.0 Å². The number of hydrogen-bond donors (Lipinski definition) is 0. The molecule has 1 aromatic carbocycles. The second-order valence-corrected chi connectivity index (χ2v) is 4.14. The Kier molecular flexibility index (Phi) is 3.93. The number of Topliss-reactive ketones (excluding diaryl/α,β-unsaturated/α-hetero) is 1. The highest BCUT2D eigenvalue weighted by Gasteiger charge is 2.08. The molecule has 0 saturated carbocycles. The van der Waals surface area contributed by atoms with Gasteiger partial charge in [0.25, 0.3) is 0 Å². The molecule has 0 amide bonds. The molecule has 0 atom stereocenters. The molecule has 0 radical (unpaired) electrons. The lowest BCUT2D eigenvalue weighted by Gasteiger charge is -2.01. The highest BCUT2D eigenvalue weighted by molar-refractivity contribution is 14.1. The van der Waals surface area contributed by atoms with Crippen LogP contribution in [-0.4, -0.2) is 5.78 Å². The third-order valence-electron chi connectivity index (χ3n) is 1.56. The van der Waals surface area contributed by atoms with E-state index in [1.165, 1.54) is 0 Å². The topological polar surface area (TPSA) is 17.1 Å². The molecule has 1 aromatic rings. The summed E-state index contributed by atoms with van der Waals surface area (Å²) in [6.07, 6.45) is 1.95. The minimum absolute atomic E-state index is 0.0573. The molecule has 0 aliphatic rings. The van der Waals surface area contributed by atoms with Crippen molar-refractivity contribution in [1.82, 2.24) is 0 Å². The average molecular weight is 307 g/mol.